The predicted molar refractivity (Wildman–Crippen MR) is 138 cm³/mol. The Morgan fingerprint density at radius 1 is 0.513 bits per heavy atom. The number of carbonyl (C=O) groups is 2. The Hall–Kier alpha value is -1.42. The Morgan fingerprint density at radius 3 is 1.10 bits per heavy atom. The van der Waals surface area contributed by atoms with Crippen molar-refractivity contribution in [3.8, 4) is 0 Å². The highest BCUT2D eigenvalue weighted by atomic mass is 16.5. The highest BCUT2D eigenvalue weighted by Crippen LogP contribution is 2.21. The van der Waals surface area contributed by atoms with E-state index in [2.05, 4.69) is 0 Å². The van der Waals surface area contributed by atoms with Gasteiger partial charge in [0.15, 0.2) is 0 Å². The third-order valence-corrected chi connectivity index (χ3v) is 6.06. The molecule has 0 saturated heterocycles. The number of esters is 2. The molecule has 0 aliphatic rings. The molecule has 9 N–H and O–H groups in total. The Balaban J connectivity index is 4.97. The van der Waals surface area contributed by atoms with Crippen LogP contribution in [0.5, 0.6) is 0 Å². The van der Waals surface area contributed by atoms with E-state index in [1.807, 2.05) is 0 Å². The molecule has 0 aliphatic carbocycles. The fourth-order valence-corrected chi connectivity index (χ4v) is 4.56. The van der Waals surface area contributed by atoms with Crippen molar-refractivity contribution in [3.05, 3.63) is 0 Å². The molecule has 10 atom stereocenters. The van der Waals surface area contributed by atoms with Crippen LogP contribution in [0.3, 0.4) is 0 Å². The summed E-state index contributed by atoms with van der Waals surface area (Å²) in [6, 6.07) is 0. The van der Waals surface area contributed by atoms with Crippen LogP contribution in [0, 0.1) is 0 Å². The molecule has 0 unspecified atom stereocenters. The minimum absolute atomic E-state index is 0.0479. The first-order valence-corrected chi connectivity index (χ1v) is 13.5. The maximum atomic E-state index is 11.6. The smallest absolute Gasteiger partial charge is 0.302 e. The number of hydrogen-bond acceptors (Lipinski definition) is 13. The molecule has 13 nitrogen and oxygen atoms in total. The molecule has 0 radical (unpaired) electrons. The van der Waals surface area contributed by atoms with Crippen LogP contribution in [0.4, 0.5) is 0 Å². The van der Waals surface area contributed by atoms with Crippen molar-refractivity contribution in [2.75, 3.05) is 6.61 Å². The zero-order chi connectivity index (χ0) is 30.1. The van der Waals surface area contributed by atoms with Crippen molar-refractivity contribution in [3.63, 3.8) is 0 Å². The first-order valence-electron chi connectivity index (χ1n) is 13.5. The van der Waals surface area contributed by atoms with Crippen molar-refractivity contribution in [1.82, 2.24) is 0 Å². The topological polar surface area (TPSA) is 235 Å². The van der Waals surface area contributed by atoms with Crippen LogP contribution in [0.2, 0.25) is 0 Å². The molecule has 0 spiro atoms. The Kier molecular flexibility index (Phi) is 19.7. The van der Waals surface area contributed by atoms with E-state index in [1.54, 1.807) is 0 Å². The highest BCUT2D eigenvalue weighted by molar-refractivity contribution is 5.66. The third-order valence-electron chi connectivity index (χ3n) is 6.06. The summed E-state index contributed by atoms with van der Waals surface area (Å²) >= 11 is 0. The molecule has 13 heteroatoms. The van der Waals surface area contributed by atoms with E-state index >= 15 is 0 Å². The van der Waals surface area contributed by atoms with E-state index < -0.39 is 73.0 Å². The maximum Gasteiger partial charge on any atom is 0.302 e. The van der Waals surface area contributed by atoms with Crippen LogP contribution in [0.25, 0.3) is 0 Å². The molecule has 232 valence electrons. The highest BCUT2D eigenvalue weighted by Gasteiger charge is 2.28. The maximum absolute atomic E-state index is 11.6. The lowest BCUT2D eigenvalue weighted by Crippen LogP contribution is -2.33. The van der Waals surface area contributed by atoms with Crippen LogP contribution >= 0.6 is 0 Å². The van der Waals surface area contributed by atoms with Crippen molar-refractivity contribution in [2.24, 2.45) is 0 Å². The van der Waals surface area contributed by atoms with Gasteiger partial charge in [0.05, 0.1) is 48.8 Å². The molecule has 0 fully saturated rings. The lowest BCUT2D eigenvalue weighted by Gasteiger charge is -2.27. The van der Waals surface area contributed by atoms with Crippen molar-refractivity contribution in [2.45, 2.75) is 146 Å². The summed E-state index contributed by atoms with van der Waals surface area (Å²) < 4.78 is 10.4. The molecular formula is C26H50O13. The number of aliphatic hydroxyl groups excluding tert-OH is 9. The second-order valence-corrected chi connectivity index (χ2v) is 10.5. The minimum Gasteiger partial charge on any atom is -0.462 e. The second kappa shape index (κ2) is 20.5. The van der Waals surface area contributed by atoms with E-state index in [0.29, 0.717) is 0 Å². The molecule has 0 heterocycles. The molecule has 0 aromatic rings. The van der Waals surface area contributed by atoms with Gasteiger partial charge in [0.2, 0.25) is 0 Å². The molecule has 0 aliphatic heterocycles. The fourth-order valence-electron chi connectivity index (χ4n) is 4.56. The van der Waals surface area contributed by atoms with Crippen molar-refractivity contribution >= 4 is 11.9 Å². The largest absolute Gasteiger partial charge is 0.462 e. The predicted octanol–water partition coefficient (Wildman–Crippen LogP) is -1.35. The van der Waals surface area contributed by atoms with Crippen LogP contribution in [-0.2, 0) is 19.1 Å². The zero-order valence-corrected chi connectivity index (χ0v) is 23.2. The van der Waals surface area contributed by atoms with E-state index in [1.165, 1.54) is 13.8 Å². The number of ether oxygens (including phenoxy) is 2. The lowest BCUT2D eigenvalue weighted by atomic mass is 9.94. The van der Waals surface area contributed by atoms with E-state index in [9.17, 15) is 50.4 Å². The third kappa shape index (κ3) is 21.1. The number of aliphatic hydroxyl groups is 9. The summed E-state index contributed by atoms with van der Waals surface area (Å²) in [4.78, 5) is 23.1. The molecule has 0 aromatic heterocycles. The molecule has 39 heavy (non-hydrogen) atoms. The van der Waals surface area contributed by atoms with E-state index in [-0.39, 0.29) is 70.8 Å². The molecule has 0 rings (SSSR count). The monoisotopic (exact) mass is 570 g/mol. The Morgan fingerprint density at radius 2 is 0.795 bits per heavy atom. The normalized spacial score (nSPS) is 19.6. The van der Waals surface area contributed by atoms with Crippen molar-refractivity contribution in [1.29, 1.82) is 0 Å². The molecule has 0 amide bonds. The van der Waals surface area contributed by atoms with Gasteiger partial charge in [-0.05, 0) is 45.4 Å². The number of hydrogen-bond donors (Lipinski definition) is 9. The summed E-state index contributed by atoms with van der Waals surface area (Å²) in [6.45, 7) is 3.58. The van der Waals surface area contributed by atoms with Gasteiger partial charge in [0.25, 0.3) is 0 Å². The minimum atomic E-state index is -1.17. The number of carbonyl (C=O) groups excluding carboxylic acids is 2. The molecule has 0 bridgehead atoms. The number of rotatable bonds is 22. The van der Waals surface area contributed by atoms with Gasteiger partial charge in [-0.25, -0.2) is 0 Å². The van der Waals surface area contributed by atoms with Gasteiger partial charge < -0.3 is 55.4 Å². The summed E-state index contributed by atoms with van der Waals surface area (Å²) in [5.74, 6) is -1.30. The molecular weight excluding hydrogens is 520 g/mol. The summed E-state index contributed by atoms with van der Waals surface area (Å²) in [7, 11) is 0. The fraction of sp³-hybridized carbons (Fsp3) is 0.923. The van der Waals surface area contributed by atoms with Gasteiger partial charge in [-0.2, -0.15) is 0 Å². The molecule has 0 aromatic carbocycles. The van der Waals surface area contributed by atoms with Crippen LogP contribution in [-0.4, -0.2) is 126 Å². The van der Waals surface area contributed by atoms with Crippen molar-refractivity contribution < 1.29 is 65.0 Å². The zero-order valence-electron chi connectivity index (χ0n) is 23.2. The van der Waals surface area contributed by atoms with Crippen LogP contribution in [0.15, 0.2) is 0 Å². The average molecular weight is 571 g/mol. The van der Waals surface area contributed by atoms with Gasteiger partial charge >= 0.3 is 11.9 Å². The first kappa shape index (κ1) is 37.6. The van der Waals surface area contributed by atoms with Gasteiger partial charge in [-0.3, -0.25) is 9.59 Å². The summed E-state index contributed by atoms with van der Waals surface area (Å²) in [6.07, 6.45) is -10.9. The summed E-state index contributed by atoms with van der Waals surface area (Å²) in [5, 5.41) is 89.2. The van der Waals surface area contributed by atoms with Gasteiger partial charge in [0, 0.05) is 46.1 Å². The SMILES string of the molecule is CC(=O)O[C@H](C[C@@H](O)C[C@@H](C[C@H](O)C[C@H](O)C[C@H](O)C[C@H](O)CCO)OC(C)=O)C[C@@H](O)C[C@@H](O)C[C@H](C)O. The van der Waals surface area contributed by atoms with Gasteiger partial charge in [-0.1, -0.05) is 0 Å². The van der Waals surface area contributed by atoms with Crippen LogP contribution < -0.4 is 0 Å². The van der Waals surface area contributed by atoms with E-state index in [0.717, 1.165) is 6.92 Å². The second-order valence-electron chi connectivity index (χ2n) is 10.5. The van der Waals surface area contributed by atoms with Gasteiger partial charge in [-0.15, -0.1) is 0 Å². The molecule has 0 saturated carbocycles. The summed E-state index contributed by atoms with van der Waals surface area (Å²) in [5.41, 5.74) is 0. The van der Waals surface area contributed by atoms with Crippen LogP contribution in [0.1, 0.15) is 85.0 Å². The van der Waals surface area contributed by atoms with E-state index in [4.69, 9.17) is 14.6 Å². The lowest BCUT2D eigenvalue weighted by molar-refractivity contribution is -0.151. The quantitative estimate of drug-likeness (QED) is 0.0686. The standard InChI is InChI=1S/C26H50O13/c1-15(28)6-19(32)8-22(35)11-25(38-16(2)29)13-24(37)14-26(39-17(3)30)12-23(36)10-21(34)9-20(33)7-18(31)4-5-27/h15,18-28,31-37H,4-14H2,1-3H3/t15-,18+,19-,20+,21+,22-,23+,24+,25-,26+/m0/s1. The Bertz CT molecular complexity index is 662. The van der Waals surface area contributed by atoms with Gasteiger partial charge in [0.1, 0.15) is 12.2 Å². The first-order chi connectivity index (χ1) is 18.1. The average Bonchev–Trinajstić information content (AvgIpc) is 2.71. The Labute approximate surface area is 230 Å².